The van der Waals surface area contributed by atoms with Gasteiger partial charge in [0.15, 0.2) is 10.8 Å². The van der Waals surface area contributed by atoms with Gasteiger partial charge in [0, 0.05) is 18.2 Å². The number of aromatic nitrogens is 1. The highest BCUT2D eigenvalue weighted by Gasteiger charge is 2.54. The van der Waals surface area contributed by atoms with Crippen LogP contribution in [0.3, 0.4) is 0 Å². The summed E-state index contributed by atoms with van der Waals surface area (Å²) in [4.78, 5) is 44.4. The zero-order valence-electron chi connectivity index (χ0n) is 15.7. The zero-order chi connectivity index (χ0) is 22.7. The maximum atomic E-state index is 12.7. The Hall–Kier alpha value is -2.66. The van der Waals surface area contributed by atoms with Gasteiger partial charge in [-0.1, -0.05) is 5.16 Å². The third kappa shape index (κ3) is 5.92. The third-order valence-corrected chi connectivity index (χ3v) is 4.96. The first-order valence-electron chi connectivity index (χ1n) is 8.20. The summed E-state index contributed by atoms with van der Waals surface area (Å²) in [5.74, 6) is -2.23. The molecular weight excluding hydrogens is 446 g/mol. The molecule has 2 rings (SSSR count). The average molecular weight is 465 g/mol. The zero-order valence-corrected chi connectivity index (χ0v) is 17.3. The first kappa shape index (κ1) is 23.6. The highest BCUT2D eigenvalue weighted by molar-refractivity contribution is 7.80. The number of carboxylic acid groups (broad SMARTS) is 1. The van der Waals surface area contributed by atoms with Crippen LogP contribution in [-0.2, 0) is 33.9 Å². The van der Waals surface area contributed by atoms with E-state index >= 15 is 0 Å². The minimum Gasteiger partial charge on any atom is -0.478 e. The molecule has 1 saturated carbocycles. The van der Waals surface area contributed by atoms with Crippen molar-refractivity contribution >= 4 is 50.7 Å². The highest BCUT2D eigenvalue weighted by atomic mass is 32.3. The van der Waals surface area contributed by atoms with E-state index in [1.807, 2.05) is 5.48 Å². The minimum atomic E-state index is -4.87. The van der Waals surface area contributed by atoms with Gasteiger partial charge < -0.3 is 25.8 Å². The lowest BCUT2D eigenvalue weighted by Gasteiger charge is -2.30. The van der Waals surface area contributed by atoms with E-state index in [1.165, 1.54) is 19.2 Å². The molecule has 1 fully saturated rings. The van der Waals surface area contributed by atoms with Crippen LogP contribution in [0.15, 0.2) is 10.5 Å². The second-order valence-electron chi connectivity index (χ2n) is 6.82. The normalized spacial score (nSPS) is 17.1. The van der Waals surface area contributed by atoms with Crippen molar-refractivity contribution in [2.24, 2.45) is 5.16 Å². The molecule has 1 heterocycles. The summed E-state index contributed by atoms with van der Waals surface area (Å²) in [5.41, 5.74) is 3.98. The topological polar surface area (TPSA) is 220 Å². The molecule has 14 nitrogen and oxygen atoms in total. The quantitative estimate of drug-likeness (QED) is 0.113. The van der Waals surface area contributed by atoms with E-state index in [0.29, 0.717) is 0 Å². The smallest absolute Gasteiger partial charge is 0.413 e. The number of thiazole rings is 1. The predicted molar refractivity (Wildman–Crippen MR) is 102 cm³/mol. The number of nitrogen functional groups attached to an aromatic ring is 1. The molecule has 30 heavy (non-hydrogen) atoms. The summed E-state index contributed by atoms with van der Waals surface area (Å²) in [6.07, 6.45) is 0.674. The Morgan fingerprint density at radius 3 is 2.53 bits per heavy atom. The molecule has 1 aromatic rings. The van der Waals surface area contributed by atoms with Gasteiger partial charge in [0.1, 0.15) is 18.0 Å². The second-order valence-corrected chi connectivity index (χ2v) is 8.74. The van der Waals surface area contributed by atoms with E-state index in [2.05, 4.69) is 19.7 Å². The minimum absolute atomic E-state index is 0.0270. The number of carboxylic acids is 1. The maximum absolute atomic E-state index is 12.7. The molecule has 0 saturated heterocycles. The Balaban J connectivity index is 2.24. The lowest BCUT2D eigenvalue weighted by Crippen LogP contribution is -2.59. The van der Waals surface area contributed by atoms with Crippen molar-refractivity contribution in [1.82, 2.24) is 15.8 Å². The summed E-state index contributed by atoms with van der Waals surface area (Å²) in [6, 6.07) is -1.39. The Kier molecular flexibility index (Phi) is 6.77. The third-order valence-electron chi connectivity index (χ3n) is 4.00. The molecule has 0 bridgehead atoms. The van der Waals surface area contributed by atoms with Crippen LogP contribution in [0.5, 0.6) is 0 Å². The fourth-order valence-corrected chi connectivity index (χ4v) is 2.88. The number of carbonyl (C=O) groups is 3. The number of aldehydes is 1. The molecule has 0 spiro atoms. The van der Waals surface area contributed by atoms with Gasteiger partial charge in [-0.2, -0.15) is 18.2 Å². The van der Waals surface area contributed by atoms with E-state index in [1.54, 1.807) is 0 Å². The van der Waals surface area contributed by atoms with Crippen LogP contribution >= 0.6 is 11.3 Å². The number of rotatable bonds is 11. The van der Waals surface area contributed by atoms with Crippen molar-refractivity contribution in [2.75, 3.05) is 5.73 Å². The van der Waals surface area contributed by atoms with Gasteiger partial charge in [-0.3, -0.25) is 9.35 Å². The van der Waals surface area contributed by atoms with E-state index in [0.717, 1.165) is 11.3 Å². The maximum Gasteiger partial charge on any atom is 0.413 e. The van der Waals surface area contributed by atoms with E-state index in [4.69, 9.17) is 15.1 Å². The number of aliphatic carboxylic acids is 1. The molecule has 0 radical (unpaired) electrons. The number of carbonyl (C=O) groups excluding carboxylic acids is 2. The number of anilines is 1. The summed E-state index contributed by atoms with van der Waals surface area (Å²) in [7, 11) is -4.87. The first-order chi connectivity index (χ1) is 13.8. The SMILES string of the molecule is CC(C)(NOS(=O)(=O)O)[C@@H](C=O)NC(=O)/C(=N\OC1(C(=O)O)CC1)c1csc(N)n1. The van der Waals surface area contributed by atoms with E-state index in [9.17, 15) is 27.9 Å². The van der Waals surface area contributed by atoms with Crippen molar-refractivity contribution < 1.29 is 41.6 Å². The largest absolute Gasteiger partial charge is 0.478 e. The molecule has 1 atom stereocenters. The van der Waals surface area contributed by atoms with Crippen molar-refractivity contribution in [2.45, 2.75) is 43.9 Å². The number of oxime groups is 1. The Bertz CT molecular complexity index is 968. The lowest BCUT2D eigenvalue weighted by molar-refractivity contribution is -0.153. The molecule has 16 heteroatoms. The van der Waals surface area contributed by atoms with Gasteiger partial charge in [0.2, 0.25) is 5.60 Å². The Morgan fingerprint density at radius 1 is 1.47 bits per heavy atom. The number of hydroxylamine groups is 1. The molecular formula is C14H19N5O9S2. The van der Waals surface area contributed by atoms with Gasteiger partial charge in [0.05, 0.1) is 5.54 Å². The molecule has 1 aromatic heterocycles. The van der Waals surface area contributed by atoms with Crippen molar-refractivity contribution in [3.63, 3.8) is 0 Å². The molecule has 0 unspecified atom stereocenters. The van der Waals surface area contributed by atoms with Crippen molar-refractivity contribution in [3.8, 4) is 0 Å². The van der Waals surface area contributed by atoms with Crippen LogP contribution in [0.25, 0.3) is 0 Å². The van der Waals surface area contributed by atoms with Gasteiger partial charge in [-0.25, -0.2) is 9.78 Å². The van der Waals surface area contributed by atoms with E-state index in [-0.39, 0.29) is 30.0 Å². The molecule has 1 amide bonds. The molecule has 1 aliphatic rings. The number of hydrogen-bond acceptors (Lipinski definition) is 12. The fourth-order valence-electron chi connectivity index (χ4n) is 2.01. The number of nitrogens with zero attached hydrogens (tertiary/aromatic N) is 2. The highest BCUT2D eigenvalue weighted by Crippen LogP contribution is 2.40. The van der Waals surface area contributed by atoms with Crippen LogP contribution in [0, 0.1) is 0 Å². The standard InChI is InChI=1S/C14H19N5O9S2/c1-13(2,19-28-30(24,25)26)8(5-20)17-10(21)9(7-6-29-12(15)16-7)18-27-14(3-4-14)11(22)23/h5-6,8,19H,3-4H2,1-2H3,(H2,15,16)(H,17,21)(H,22,23)(H,24,25,26)/b18-9-/t8-/m1/s1. The van der Waals surface area contributed by atoms with Gasteiger partial charge >= 0.3 is 16.4 Å². The number of nitrogens with two attached hydrogens (primary N) is 1. The van der Waals surface area contributed by atoms with Crippen LogP contribution in [0.4, 0.5) is 5.13 Å². The monoisotopic (exact) mass is 465 g/mol. The van der Waals surface area contributed by atoms with Crippen LogP contribution < -0.4 is 16.5 Å². The van der Waals surface area contributed by atoms with Crippen molar-refractivity contribution in [1.29, 1.82) is 0 Å². The van der Waals surface area contributed by atoms with Crippen molar-refractivity contribution in [3.05, 3.63) is 11.1 Å². The first-order valence-corrected chi connectivity index (χ1v) is 10.4. The number of nitrogens with one attached hydrogen (secondary N) is 2. The van der Waals surface area contributed by atoms with Gasteiger partial charge in [-0.05, 0) is 13.8 Å². The molecule has 1 aliphatic carbocycles. The summed E-state index contributed by atoms with van der Waals surface area (Å²) in [6.45, 7) is 2.60. The predicted octanol–water partition coefficient (Wildman–Crippen LogP) is -1.15. The average Bonchev–Trinajstić information content (AvgIpc) is 3.32. The Morgan fingerprint density at radius 2 is 2.10 bits per heavy atom. The van der Waals surface area contributed by atoms with Gasteiger partial charge in [0.25, 0.3) is 5.91 Å². The molecule has 0 aliphatic heterocycles. The second kappa shape index (κ2) is 8.60. The Labute approximate surface area is 174 Å². The molecule has 6 N–H and O–H groups in total. The summed E-state index contributed by atoms with van der Waals surface area (Å²) >= 11 is 0.984. The van der Waals surface area contributed by atoms with Gasteiger partial charge in [-0.15, -0.1) is 11.3 Å². The summed E-state index contributed by atoms with van der Waals surface area (Å²) in [5, 5.41) is 16.6. The lowest BCUT2D eigenvalue weighted by atomic mass is 9.96. The van der Waals surface area contributed by atoms with E-state index < -0.39 is 45.2 Å². The van der Waals surface area contributed by atoms with Crippen LogP contribution in [0.2, 0.25) is 0 Å². The summed E-state index contributed by atoms with van der Waals surface area (Å²) < 4.78 is 34.2. The van der Waals surface area contributed by atoms with Crippen LogP contribution in [0.1, 0.15) is 32.4 Å². The number of hydrogen-bond donors (Lipinski definition) is 5. The van der Waals surface area contributed by atoms with Crippen LogP contribution in [-0.4, -0.2) is 64.1 Å². The molecule has 166 valence electrons. The fraction of sp³-hybridized carbons (Fsp3) is 0.500. The number of amides is 1. The molecule has 0 aromatic carbocycles.